The minimum absolute atomic E-state index is 0.0997. The summed E-state index contributed by atoms with van der Waals surface area (Å²) in [5.41, 5.74) is 0.0997. The summed E-state index contributed by atoms with van der Waals surface area (Å²) in [6, 6.07) is 0. The molecule has 0 aromatic heterocycles. The minimum atomic E-state index is -3.00. The lowest BCUT2D eigenvalue weighted by molar-refractivity contribution is -0.0991. The number of carbonyl (C=O) groups is 1. The molecule has 0 heterocycles. The maximum atomic E-state index is 12.6. The van der Waals surface area contributed by atoms with Crippen molar-refractivity contribution < 1.29 is 23.0 Å². The topological polar surface area (TPSA) is 35.5 Å². The number of carbonyl (C=O) groups excluding carboxylic acids is 1. The number of ether oxygens (including phenoxy) is 2. The molecule has 4 fully saturated rings. The van der Waals surface area contributed by atoms with Crippen LogP contribution in [0.4, 0.5) is 13.6 Å². The molecule has 0 saturated heterocycles. The number of rotatable bonds is 4. The Morgan fingerprint density at radius 3 is 2.05 bits per heavy atom. The summed E-state index contributed by atoms with van der Waals surface area (Å²) in [4.78, 5) is 11.4. The number of hydrogen-bond donors (Lipinski definition) is 0. The summed E-state index contributed by atoms with van der Waals surface area (Å²) < 4.78 is 34.8. The molecule has 0 aliphatic heterocycles. The molecule has 0 aromatic carbocycles. The third-order valence-corrected chi connectivity index (χ3v) is 5.10. The van der Waals surface area contributed by atoms with Crippen LogP contribution in [-0.4, -0.2) is 25.3 Å². The van der Waals surface area contributed by atoms with Gasteiger partial charge in [0, 0.05) is 12.3 Å². The molecule has 114 valence electrons. The zero-order valence-corrected chi connectivity index (χ0v) is 11.9. The van der Waals surface area contributed by atoms with Gasteiger partial charge in [-0.05, 0) is 56.3 Å². The van der Waals surface area contributed by atoms with Crippen LogP contribution in [0.5, 0.6) is 0 Å². The highest BCUT2D eigenvalue weighted by atomic mass is 19.3. The van der Waals surface area contributed by atoms with Gasteiger partial charge in [-0.25, -0.2) is 13.6 Å². The second-order valence-corrected chi connectivity index (χ2v) is 7.32. The van der Waals surface area contributed by atoms with E-state index in [1.807, 2.05) is 0 Å². The summed E-state index contributed by atoms with van der Waals surface area (Å²) in [5.74, 6) is -0.665. The average molecular weight is 288 g/mol. The molecule has 0 N–H and O–H groups in total. The first-order chi connectivity index (χ1) is 9.34. The van der Waals surface area contributed by atoms with Gasteiger partial charge < -0.3 is 9.47 Å². The third kappa shape index (κ3) is 3.07. The van der Waals surface area contributed by atoms with Crippen LogP contribution in [0.1, 0.15) is 45.4 Å². The molecular weight excluding hydrogens is 266 g/mol. The Bertz CT molecular complexity index is 354. The van der Waals surface area contributed by atoms with E-state index >= 15 is 0 Å². The van der Waals surface area contributed by atoms with E-state index in [0.29, 0.717) is 6.61 Å². The van der Waals surface area contributed by atoms with Gasteiger partial charge in [-0.15, -0.1) is 0 Å². The molecule has 4 aliphatic rings. The van der Waals surface area contributed by atoms with Gasteiger partial charge >= 0.3 is 6.16 Å². The van der Waals surface area contributed by atoms with Crippen molar-refractivity contribution in [3.63, 3.8) is 0 Å². The number of hydrogen-bond acceptors (Lipinski definition) is 3. The molecule has 0 amide bonds. The van der Waals surface area contributed by atoms with Gasteiger partial charge in [0.15, 0.2) is 6.61 Å². The van der Waals surface area contributed by atoms with Crippen molar-refractivity contribution in [2.45, 2.75) is 51.4 Å². The molecular formula is C15H22F2O3. The molecule has 0 atom stereocenters. The van der Waals surface area contributed by atoms with Crippen LogP contribution in [0.3, 0.4) is 0 Å². The predicted molar refractivity (Wildman–Crippen MR) is 68.5 cm³/mol. The minimum Gasteiger partial charge on any atom is -0.434 e. The van der Waals surface area contributed by atoms with E-state index < -0.39 is 18.7 Å². The Labute approximate surface area is 118 Å². The maximum Gasteiger partial charge on any atom is 0.508 e. The molecule has 4 rings (SSSR count). The lowest BCUT2D eigenvalue weighted by atomic mass is 9.50. The molecule has 4 saturated carbocycles. The standard InChI is InChI=1S/C15H22F2O3/c1-14(16,17)8-19-13(18)20-9-15-5-10-2-11(6-15)4-12(3-10)7-15/h10-12H,2-9H2,1H3. The van der Waals surface area contributed by atoms with Crippen LogP contribution in [0, 0.1) is 23.2 Å². The lowest BCUT2D eigenvalue weighted by Gasteiger charge is -2.56. The molecule has 20 heavy (non-hydrogen) atoms. The van der Waals surface area contributed by atoms with Gasteiger partial charge in [0.1, 0.15) is 6.61 Å². The second-order valence-electron chi connectivity index (χ2n) is 7.32. The Balaban J connectivity index is 1.50. The lowest BCUT2D eigenvalue weighted by Crippen LogP contribution is -2.48. The SMILES string of the molecule is CC(F)(F)COC(=O)OCC12CC3CC(CC(C3)C1)C2. The first-order valence-electron chi connectivity index (χ1n) is 7.51. The highest BCUT2D eigenvalue weighted by Gasteiger charge is 2.51. The fourth-order valence-electron chi connectivity index (χ4n) is 4.91. The quantitative estimate of drug-likeness (QED) is 0.733. The Morgan fingerprint density at radius 1 is 1.10 bits per heavy atom. The summed E-state index contributed by atoms with van der Waals surface area (Å²) in [7, 11) is 0. The van der Waals surface area contributed by atoms with E-state index in [1.54, 1.807) is 0 Å². The zero-order chi connectivity index (χ0) is 14.4. The van der Waals surface area contributed by atoms with Crippen molar-refractivity contribution in [1.82, 2.24) is 0 Å². The van der Waals surface area contributed by atoms with Crippen molar-refractivity contribution in [3.05, 3.63) is 0 Å². The van der Waals surface area contributed by atoms with Crippen molar-refractivity contribution in [2.75, 3.05) is 13.2 Å². The predicted octanol–water partition coefficient (Wildman–Crippen LogP) is 4.01. The van der Waals surface area contributed by atoms with E-state index in [4.69, 9.17) is 4.74 Å². The fourth-order valence-corrected chi connectivity index (χ4v) is 4.91. The Kier molecular flexibility index (Phi) is 3.41. The first kappa shape index (κ1) is 14.1. The summed E-state index contributed by atoms with van der Waals surface area (Å²) in [6.07, 6.45) is 6.38. The van der Waals surface area contributed by atoms with Gasteiger partial charge in [-0.3, -0.25) is 0 Å². The van der Waals surface area contributed by atoms with Gasteiger partial charge in [0.25, 0.3) is 5.92 Å². The van der Waals surface area contributed by atoms with E-state index in [1.165, 1.54) is 19.3 Å². The first-order valence-corrected chi connectivity index (χ1v) is 7.51. The zero-order valence-electron chi connectivity index (χ0n) is 11.9. The average Bonchev–Trinajstić information content (AvgIpc) is 2.31. The van der Waals surface area contributed by atoms with Crippen LogP contribution in [0.15, 0.2) is 0 Å². The molecule has 5 heteroatoms. The Hall–Kier alpha value is -0.870. The summed E-state index contributed by atoms with van der Waals surface area (Å²) >= 11 is 0. The van der Waals surface area contributed by atoms with Gasteiger partial charge in [0.05, 0.1) is 0 Å². The monoisotopic (exact) mass is 288 g/mol. The van der Waals surface area contributed by atoms with E-state index in [-0.39, 0.29) is 5.41 Å². The molecule has 4 aliphatic carbocycles. The number of halogens is 2. The van der Waals surface area contributed by atoms with Crippen LogP contribution < -0.4 is 0 Å². The van der Waals surface area contributed by atoms with E-state index in [2.05, 4.69) is 4.74 Å². The molecule has 3 nitrogen and oxygen atoms in total. The Morgan fingerprint density at radius 2 is 1.60 bits per heavy atom. The summed E-state index contributed by atoms with van der Waals surface area (Å²) in [5, 5.41) is 0. The molecule has 0 radical (unpaired) electrons. The highest BCUT2D eigenvalue weighted by Crippen LogP contribution is 2.60. The van der Waals surface area contributed by atoms with Crippen LogP contribution in [0.25, 0.3) is 0 Å². The van der Waals surface area contributed by atoms with Crippen molar-refractivity contribution in [3.8, 4) is 0 Å². The van der Waals surface area contributed by atoms with Crippen LogP contribution >= 0.6 is 0 Å². The fraction of sp³-hybridized carbons (Fsp3) is 0.933. The molecule has 0 aromatic rings. The largest absolute Gasteiger partial charge is 0.508 e. The van der Waals surface area contributed by atoms with Crippen LogP contribution in [-0.2, 0) is 9.47 Å². The van der Waals surface area contributed by atoms with Crippen molar-refractivity contribution in [1.29, 1.82) is 0 Å². The maximum absolute atomic E-state index is 12.6. The van der Waals surface area contributed by atoms with Crippen LogP contribution in [0.2, 0.25) is 0 Å². The van der Waals surface area contributed by atoms with Gasteiger partial charge in [0.2, 0.25) is 0 Å². The highest BCUT2D eigenvalue weighted by molar-refractivity contribution is 5.59. The number of alkyl halides is 2. The van der Waals surface area contributed by atoms with Gasteiger partial charge in [-0.1, -0.05) is 0 Å². The smallest absolute Gasteiger partial charge is 0.434 e. The van der Waals surface area contributed by atoms with Crippen molar-refractivity contribution in [2.24, 2.45) is 23.2 Å². The normalized spacial score (nSPS) is 38.9. The summed E-state index contributed by atoms with van der Waals surface area (Å²) in [6.45, 7) is 0.149. The third-order valence-electron chi connectivity index (χ3n) is 5.10. The molecule has 0 spiro atoms. The van der Waals surface area contributed by atoms with Gasteiger partial charge in [-0.2, -0.15) is 0 Å². The van der Waals surface area contributed by atoms with E-state index in [9.17, 15) is 13.6 Å². The van der Waals surface area contributed by atoms with Crippen molar-refractivity contribution >= 4 is 6.16 Å². The molecule has 0 unspecified atom stereocenters. The van der Waals surface area contributed by atoms with E-state index in [0.717, 1.165) is 43.9 Å². The molecule has 4 bridgehead atoms. The second kappa shape index (κ2) is 4.85.